The fourth-order valence-electron chi connectivity index (χ4n) is 4.17. The first-order valence-corrected chi connectivity index (χ1v) is 12.3. The lowest BCUT2D eigenvalue weighted by molar-refractivity contribution is 0.0951. The number of hydrogen-bond acceptors (Lipinski definition) is 4. The molecule has 0 atom stereocenters. The van der Waals surface area contributed by atoms with Gasteiger partial charge in [-0.3, -0.25) is 9.10 Å². The number of amides is 1. The summed E-state index contributed by atoms with van der Waals surface area (Å²) >= 11 is 0. The van der Waals surface area contributed by atoms with E-state index < -0.39 is 10.0 Å². The number of nitrogens with zero attached hydrogens (tertiary/aromatic N) is 1. The van der Waals surface area contributed by atoms with Crippen molar-refractivity contribution >= 4 is 21.6 Å². The van der Waals surface area contributed by atoms with E-state index >= 15 is 0 Å². The van der Waals surface area contributed by atoms with Gasteiger partial charge in [-0.25, -0.2) is 8.42 Å². The highest BCUT2D eigenvalue weighted by atomic mass is 32.2. The van der Waals surface area contributed by atoms with E-state index in [4.69, 9.17) is 4.74 Å². The van der Waals surface area contributed by atoms with E-state index in [0.717, 1.165) is 35.5 Å². The standard InChI is InChI=1S/C25H24N2O4S/c28-25(20-6-9-23(10-7-20)27-13-1-15-32(27,29)30)26-17-18-2-4-19(5-3-18)21-8-11-24-22(16-21)12-14-31-24/h2-11,16H,1,12-15,17H2,(H,26,28). The lowest BCUT2D eigenvalue weighted by Gasteiger charge is -2.17. The van der Waals surface area contributed by atoms with E-state index in [-0.39, 0.29) is 11.7 Å². The van der Waals surface area contributed by atoms with Crippen LogP contribution in [0.1, 0.15) is 27.9 Å². The molecular formula is C25H24N2O4S. The van der Waals surface area contributed by atoms with Crippen LogP contribution in [-0.4, -0.2) is 33.2 Å². The summed E-state index contributed by atoms with van der Waals surface area (Å²) in [7, 11) is -3.22. The summed E-state index contributed by atoms with van der Waals surface area (Å²) in [5.74, 6) is 0.959. The van der Waals surface area contributed by atoms with Gasteiger partial charge in [0.15, 0.2) is 0 Å². The van der Waals surface area contributed by atoms with E-state index in [9.17, 15) is 13.2 Å². The first-order valence-electron chi connectivity index (χ1n) is 10.7. The van der Waals surface area contributed by atoms with Crippen molar-refractivity contribution in [1.82, 2.24) is 5.32 Å². The summed E-state index contributed by atoms with van der Waals surface area (Å²) in [6.07, 6.45) is 1.58. The van der Waals surface area contributed by atoms with Crippen molar-refractivity contribution in [3.63, 3.8) is 0 Å². The average molecular weight is 449 g/mol. The molecule has 2 aliphatic heterocycles. The van der Waals surface area contributed by atoms with Crippen LogP contribution in [-0.2, 0) is 23.0 Å². The Morgan fingerprint density at radius 2 is 1.72 bits per heavy atom. The van der Waals surface area contributed by atoms with Crippen LogP contribution in [0.3, 0.4) is 0 Å². The lowest BCUT2D eigenvalue weighted by atomic mass is 10.0. The van der Waals surface area contributed by atoms with Gasteiger partial charge < -0.3 is 10.1 Å². The van der Waals surface area contributed by atoms with Gasteiger partial charge >= 0.3 is 0 Å². The zero-order valence-electron chi connectivity index (χ0n) is 17.6. The second-order valence-electron chi connectivity index (χ2n) is 8.09. The summed E-state index contributed by atoms with van der Waals surface area (Å²) in [4.78, 5) is 12.5. The Morgan fingerprint density at radius 3 is 2.44 bits per heavy atom. The van der Waals surface area contributed by atoms with Gasteiger partial charge in [0.05, 0.1) is 18.0 Å². The molecule has 0 bridgehead atoms. The van der Waals surface area contributed by atoms with Crippen molar-refractivity contribution in [2.24, 2.45) is 0 Å². The number of carbonyl (C=O) groups excluding carboxylic acids is 1. The quantitative estimate of drug-likeness (QED) is 0.645. The third kappa shape index (κ3) is 4.08. The van der Waals surface area contributed by atoms with Crippen LogP contribution < -0.4 is 14.4 Å². The monoisotopic (exact) mass is 448 g/mol. The van der Waals surface area contributed by atoms with Crippen molar-refractivity contribution in [3.8, 4) is 16.9 Å². The van der Waals surface area contributed by atoms with E-state index in [1.807, 2.05) is 18.2 Å². The van der Waals surface area contributed by atoms with Crippen molar-refractivity contribution in [2.45, 2.75) is 19.4 Å². The normalized spacial score (nSPS) is 16.4. The summed E-state index contributed by atoms with van der Waals surface area (Å²) in [6, 6.07) is 21.1. The van der Waals surface area contributed by atoms with E-state index in [1.54, 1.807) is 24.3 Å². The highest BCUT2D eigenvalue weighted by molar-refractivity contribution is 7.93. The zero-order chi connectivity index (χ0) is 22.1. The number of hydrogen-bond donors (Lipinski definition) is 1. The highest BCUT2D eigenvalue weighted by Crippen LogP contribution is 2.30. The first kappa shape index (κ1) is 20.6. The van der Waals surface area contributed by atoms with E-state index in [0.29, 0.717) is 30.8 Å². The van der Waals surface area contributed by atoms with Gasteiger partial charge in [-0.2, -0.15) is 0 Å². The molecule has 0 radical (unpaired) electrons. The molecule has 6 nitrogen and oxygen atoms in total. The molecule has 2 heterocycles. The fraction of sp³-hybridized carbons (Fsp3) is 0.240. The Balaban J connectivity index is 1.21. The van der Waals surface area contributed by atoms with Gasteiger partial charge in [0, 0.05) is 25.1 Å². The molecule has 3 aromatic carbocycles. The molecule has 5 rings (SSSR count). The number of carbonyl (C=O) groups is 1. The summed E-state index contributed by atoms with van der Waals surface area (Å²) < 4.78 is 31.1. The number of ether oxygens (including phenoxy) is 1. The van der Waals surface area contributed by atoms with Crippen LogP contribution in [0.5, 0.6) is 5.75 Å². The maximum atomic E-state index is 12.5. The maximum Gasteiger partial charge on any atom is 0.251 e. The SMILES string of the molecule is O=C(NCc1ccc(-c2ccc3c(c2)CCO3)cc1)c1ccc(N2CCCS2(=O)=O)cc1. The van der Waals surface area contributed by atoms with Crippen molar-refractivity contribution in [1.29, 1.82) is 0 Å². The van der Waals surface area contributed by atoms with Crippen LogP contribution in [0.2, 0.25) is 0 Å². The number of benzene rings is 3. The largest absolute Gasteiger partial charge is 0.493 e. The molecule has 0 unspecified atom stereocenters. The molecule has 0 aliphatic carbocycles. The molecule has 0 aromatic heterocycles. The minimum atomic E-state index is -3.22. The highest BCUT2D eigenvalue weighted by Gasteiger charge is 2.28. The molecule has 1 N–H and O–H groups in total. The molecule has 0 saturated carbocycles. The van der Waals surface area contributed by atoms with Gasteiger partial charge in [0.1, 0.15) is 5.75 Å². The van der Waals surface area contributed by atoms with E-state index in [2.05, 4.69) is 29.6 Å². The molecule has 7 heteroatoms. The molecule has 32 heavy (non-hydrogen) atoms. The summed E-state index contributed by atoms with van der Waals surface area (Å²) in [5.41, 5.74) is 5.64. The molecule has 1 saturated heterocycles. The second-order valence-corrected chi connectivity index (χ2v) is 10.1. The van der Waals surface area contributed by atoms with Crippen LogP contribution in [0.4, 0.5) is 5.69 Å². The zero-order valence-corrected chi connectivity index (χ0v) is 18.4. The number of anilines is 1. The van der Waals surface area contributed by atoms with Gasteiger partial charge in [0.25, 0.3) is 5.91 Å². The second kappa shape index (κ2) is 8.31. The number of sulfonamides is 1. The smallest absolute Gasteiger partial charge is 0.251 e. The van der Waals surface area contributed by atoms with Crippen LogP contribution in [0.25, 0.3) is 11.1 Å². The van der Waals surface area contributed by atoms with Crippen LogP contribution >= 0.6 is 0 Å². The summed E-state index contributed by atoms with van der Waals surface area (Å²) in [5, 5.41) is 2.93. The third-order valence-electron chi connectivity index (χ3n) is 5.95. The van der Waals surface area contributed by atoms with Crippen molar-refractivity contribution in [3.05, 3.63) is 83.4 Å². The summed E-state index contributed by atoms with van der Waals surface area (Å²) in [6.45, 7) is 1.65. The molecular weight excluding hydrogens is 424 g/mol. The van der Waals surface area contributed by atoms with E-state index in [1.165, 1.54) is 9.87 Å². The van der Waals surface area contributed by atoms with Gasteiger partial charge in [0.2, 0.25) is 10.0 Å². The Labute approximate surface area is 187 Å². The fourth-order valence-corrected chi connectivity index (χ4v) is 5.74. The minimum absolute atomic E-state index is 0.176. The average Bonchev–Trinajstić information content (AvgIpc) is 3.43. The molecule has 2 aliphatic rings. The molecule has 1 fully saturated rings. The van der Waals surface area contributed by atoms with Crippen LogP contribution in [0.15, 0.2) is 66.7 Å². The Hall–Kier alpha value is -3.32. The van der Waals surface area contributed by atoms with Gasteiger partial charge in [-0.05, 0) is 65.1 Å². The molecule has 0 spiro atoms. The predicted molar refractivity (Wildman–Crippen MR) is 124 cm³/mol. The number of rotatable bonds is 5. The number of fused-ring (bicyclic) bond motifs is 1. The Morgan fingerprint density at radius 1 is 0.969 bits per heavy atom. The Bertz CT molecular complexity index is 1250. The lowest BCUT2D eigenvalue weighted by Crippen LogP contribution is -2.25. The first-order chi connectivity index (χ1) is 15.5. The maximum absolute atomic E-state index is 12.5. The topological polar surface area (TPSA) is 75.7 Å². The molecule has 164 valence electrons. The minimum Gasteiger partial charge on any atom is -0.493 e. The van der Waals surface area contributed by atoms with Crippen molar-refractivity contribution < 1.29 is 17.9 Å². The third-order valence-corrected chi connectivity index (χ3v) is 7.82. The van der Waals surface area contributed by atoms with Crippen molar-refractivity contribution in [2.75, 3.05) is 23.2 Å². The van der Waals surface area contributed by atoms with Gasteiger partial charge in [-0.15, -0.1) is 0 Å². The molecule has 3 aromatic rings. The van der Waals surface area contributed by atoms with Gasteiger partial charge in [-0.1, -0.05) is 30.3 Å². The van der Waals surface area contributed by atoms with Crippen LogP contribution in [0, 0.1) is 0 Å². The Kier molecular flexibility index (Phi) is 5.35. The predicted octanol–water partition coefficient (Wildman–Crippen LogP) is 3.76. The number of nitrogens with one attached hydrogen (secondary N) is 1. The molecule has 1 amide bonds.